The van der Waals surface area contributed by atoms with Gasteiger partial charge >= 0.3 is 0 Å². The van der Waals surface area contributed by atoms with Gasteiger partial charge in [-0.2, -0.15) is 0 Å². The van der Waals surface area contributed by atoms with Crippen LogP contribution in [0.1, 0.15) is 6.92 Å². The SMILES string of the molecule is COc1ccc(NC(=S)NNC(C)=O)cc1. The van der Waals surface area contributed by atoms with Crippen LogP contribution in [-0.2, 0) is 4.79 Å². The number of ether oxygens (including phenoxy) is 1. The molecule has 86 valence electrons. The van der Waals surface area contributed by atoms with Crippen LogP contribution >= 0.6 is 12.2 Å². The zero-order valence-electron chi connectivity index (χ0n) is 9.03. The summed E-state index contributed by atoms with van der Waals surface area (Å²) in [6, 6.07) is 7.26. The van der Waals surface area contributed by atoms with E-state index in [2.05, 4.69) is 16.2 Å². The van der Waals surface area contributed by atoms with Gasteiger partial charge in [-0.3, -0.25) is 15.6 Å². The van der Waals surface area contributed by atoms with Crippen molar-refractivity contribution in [2.24, 2.45) is 0 Å². The lowest BCUT2D eigenvalue weighted by molar-refractivity contribution is -0.119. The molecule has 0 saturated carbocycles. The number of benzene rings is 1. The summed E-state index contributed by atoms with van der Waals surface area (Å²) in [6.07, 6.45) is 0. The van der Waals surface area contributed by atoms with Crippen molar-refractivity contribution in [1.82, 2.24) is 10.9 Å². The van der Waals surface area contributed by atoms with E-state index in [9.17, 15) is 4.79 Å². The predicted octanol–water partition coefficient (Wildman–Crippen LogP) is 1.03. The largest absolute Gasteiger partial charge is 0.497 e. The minimum atomic E-state index is -0.209. The summed E-state index contributed by atoms with van der Waals surface area (Å²) in [5, 5.41) is 3.22. The third-order valence-electron chi connectivity index (χ3n) is 1.70. The maximum absolute atomic E-state index is 10.6. The summed E-state index contributed by atoms with van der Waals surface area (Å²) in [5.41, 5.74) is 5.73. The van der Waals surface area contributed by atoms with E-state index in [4.69, 9.17) is 17.0 Å². The molecule has 16 heavy (non-hydrogen) atoms. The fourth-order valence-corrected chi connectivity index (χ4v) is 1.15. The van der Waals surface area contributed by atoms with Crippen LogP contribution in [-0.4, -0.2) is 18.1 Å². The molecule has 0 aromatic heterocycles. The Balaban J connectivity index is 2.46. The first kappa shape index (κ1) is 12.3. The molecule has 5 nitrogen and oxygen atoms in total. The molecule has 1 rings (SSSR count). The van der Waals surface area contributed by atoms with Crippen molar-refractivity contribution in [3.8, 4) is 5.75 Å². The second kappa shape index (κ2) is 5.92. The molecule has 0 saturated heterocycles. The van der Waals surface area contributed by atoms with E-state index in [0.717, 1.165) is 11.4 Å². The molecule has 1 amide bonds. The van der Waals surface area contributed by atoms with Gasteiger partial charge in [0.25, 0.3) is 0 Å². The predicted molar refractivity (Wildman–Crippen MR) is 66.2 cm³/mol. The summed E-state index contributed by atoms with van der Waals surface area (Å²) in [7, 11) is 1.60. The Morgan fingerprint density at radius 3 is 2.38 bits per heavy atom. The van der Waals surface area contributed by atoms with Crippen molar-refractivity contribution < 1.29 is 9.53 Å². The number of carbonyl (C=O) groups is 1. The van der Waals surface area contributed by atoms with Crippen LogP contribution in [0.15, 0.2) is 24.3 Å². The van der Waals surface area contributed by atoms with Gasteiger partial charge in [0, 0.05) is 12.6 Å². The first-order valence-electron chi connectivity index (χ1n) is 4.59. The van der Waals surface area contributed by atoms with Gasteiger partial charge in [-0.15, -0.1) is 0 Å². The highest BCUT2D eigenvalue weighted by Gasteiger charge is 1.98. The molecule has 0 fully saturated rings. The van der Waals surface area contributed by atoms with Gasteiger partial charge in [0.2, 0.25) is 5.91 Å². The van der Waals surface area contributed by atoms with Crippen molar-refractivity contribution in [2.45, 2.75) is 6.92 Å². The maximum Gasteiger partial charge on any atom is 0.235 e. The van der Waals surface area contributed by atoms with E-state index < -0.39 is 0 Å². The number of methoxy groups -OCH3 is 1. The standard InChI is InChI=1S/C10H13N3O2S/c1-7(14)12-13-10(16)11-8-3-5-9(15-2)6-4-8/h3-6H,1-2H3,(H,12,14)(H2,11,13,16). The quantitative estimate of drug-likeness (QED) is 0.531. The van der Waals surface area contributed by atoms with Crippen molar-refractivity contribution in [2.75, 3.05) is 12.4 Å². The Labute approximate surface area is 99.1 Å². The third kappa shape index (κ3) is 4.14. The molecular weight excluding hydrogens is 226 g/mol. The maximum atomic E-state index is 10.6. The van der Waals surface area contributed by atoms with Gasteiger partial charge in [-0.05, 0) is 36.5 Å². The van der Waals surface area contributed by atoms with Gasteiger partial charge in [-0.1, -0.05) is 0 Å². The highest BCUT2D eigenvalue weighted by molar-refractivity contribution is 7.80. The average Bonchev–Trinajstić information content (AvgIpc) is 2.27. The molecule has 0 aliphatic heterocycles. The zero-order valence-corrected chi connectivity index (χ0v) is 9.85. The van der Waals surface area contributed by atoms with E-state index in [1.165, 1.54) is 6.92 Å². The van der Waals surface area contributed by atoms with Crippen molar-refractivity contribution in [3.63, 3.8) is 0 Å². The average molecular weight is 239 g/mol. The summed E-state index contributed by atoms with van der Waals surface area (Å²) < 4.78 is 5.02. The number of hydrogen-bond acceptors (Lipinski definition) is 3. The summed E-state index contributed by atoms with van der Waals surface area (Å²) in [4.78, 5) is 10.6. The molecule has 0 radical (unpaired) electrons. The van der Waals surface area contributed by atoms with Gasteiger partial charge < -0.3 is 10.1 Å². The molecule has 0 aliphatic rings. The van der Waals surface area contributed by atoms with Crippen LogP contribution in [0.3, 0.4) is 0 Å². The number of hydrazine groups is 1. The number of amides is 1. The molecule has 0 spiro atoms. The van der Waals surface area contributed by atoms with Crippen LogP contribution in [0.4, 0.5) is 5.69 Å². The minimum absolute atomic E-state index is 0.209. The molecule has 0 unspecified atom stereocenters. The van der Waals surface area contributed by atoms with Crippen LogP contribution in [0.25, 0.3) is 0 Å². The highest BCUT2D eigenvalue weighted by Crippen LogP contribution is 2.14. The molecule has 3 N–H and O–H groups in total. The van der Waals surface area contributed by atoms with E-state index in [0.29, 0.717) is 5.11 Å². The molecule has 0 aliphatic carbocycles. The van der Waals surface area contributed by atoms with E-state index in [1.807, 2.05) is 24.3 Å². The van der Waals surface area contributed by atoms with E-state index in [1.54, 1.807) is 7.11 Å². The van der Waals surface area contributed by atoms with Gasteiger partial charge in [-0.25, -0.2) is 0 Å². The smallest absolute Gasteiger partial charge is 0.235 e. The number of carbonyl (C=O) groups excluding carboxylic acids is 1. The van der Waals surface area contributed by atoms with Crippen LogP contribution in [0.5, 0.6) is 5.75 Å². The third-order valence-corrected chi connectivity index (χ3v) is 1.90. The summed E-state index contributed by atoms with van der Waals surface area (Å²) in [5.74, 6) is 0.560. The van der Waals surface area contributed by atoms with E-state index in [-0.39, 0.29) is 5.91 Å². The van der Waals surface area contributed by atoms with Gasteiger partial charge in [0.15, 0.2) is 5.11 Å². The Morgan fingerprint density at radius 2 is 1.88 bits per heavy atom. The Morgan fingerprint density at radius 1 is 1.25 bits per heavy atom. The number of thiocarbonyl (C=S) groups is 1. The lowest BCUT2D eigenvalue weighted by atomic mass is 10.3. The van der Waals surface area contributed by atoms with Crippen LogP contribution in [0, 0.1) is 0 Å². The lowest BCUT2D eigenvalue weighted by Gasteiger charge is -2.10. The number of anilines is 1. The molecule has 0 bridgehead atoms. The first-order chi connectivity index (χ1) is 7.61. The lowest BCUT2D eigenvalue weighted by Crippen LogP contribution is -2.42. The van der Waals surface area contributed by atoms with Crippen molar-refractivity contribution in [1.29, 1.82) is 0 Å². The summed E-state index contributed by atoms with van der Waals surface area (Å²) >= 11 is 4.95. The van der Waals surface area contributed by atoms with Gasteiger partial charge in [0.1, 0.15) is 5.75 Å². The van der Waals surface area contributed by atoms with Gasteiger partial charge in [0.05, 0.1) is 7.11 Å². The van der Waals surface area contributed by atoms with E-state index >= 15 is 0 Å². The number of rotatable bonds is 2. The fraction of sp³-hybridized carbons (Fsp3) is 0.200. The van der Waals surface area contributed by atoms with Crippen molar-refractivity contribution >= 4 is 28.9 Å². The second-order valence-corrected chi connectivity index (χ2v) is 3.40. The Bertz CT molecular complexity index is 378. The van der Waals surface area contributed by atoms with Crippen LogP contribution < -0.4 is 20.9 Å². The topological polar surface area (TPSA) is 62.4 Å². The second-order valence-electron chi connectivity index (χ2n) is 2.99. The van der Waals surface area contributed by atoms with Crippen molar-refractivity contribution in [3.05, 3.63) is 24.3 Å². The molecule has 1 aromatic carbocycles. The molecule has 0 atom stereocenters. The molecular formula is C10H13N3O2S. The normalized spacial score (nSPS) is 9.12. The molecule has 6 heteroatoms. The first-order valence-corrected chi connectivity index (χ1v) is 5.00. The highest BCUT2D eigenvalue weighted by atomic mass is 32.1. The Kier molecular flexibility index (Phi) is 4.53. The molecule has 0 heterocycles. The summed E-state index contributed by atoms with van der Waals surface area (Å²) in [6.45, 7) is 1.39. The zero-order chi connectivity index (χ0) is 12.0. The number of hydrogen-bond donors (Lipinski definition) is 3. The Hall–Kier alpha value is -1.82. The minimum Gasteiger partial charge on any atom is -0.497 e. The van der Waals surface area contributed by atoms with Crippen LogP contribution in [0.2, 0.25) is 0 Å². The monoisotopic (exact) mass is 239 g/mol. The number of nitrogens with one attached hydrogen (secondary N) is 3. The molecule has 1 aromatic rings. The fourth-order valence-electron chi connectivity index (χ4n) is 0.981.